The van der Waals surface area contributed by atoms with Gasteiger partial charge in [0.15, 0.2) is 0 Å². The predicted molar refractivity (Wildman–Crippen MR) is 75.2 cm³/mol. The minimum absolute atomic E-state index is 0.0537. The number of hydrogen-bond acceptors (Lipinski definition) is 3. The van der Waals surface area contributed by atoms with Crippen LogP contribution in [0.1, 0.15) is 24.2 Å². The summed E-state index contributed by atoms with van der Waals surface area (Å²) in [4.78, 5) is 4.32. The van der Waals surface area contributed by atoms with Gasteiger partial charge in [-0.15, -0.1) is 0 Å². The zero-order valence-corrected chi connectivity index (χ0v) is 11.3. The fourth-order valence-electron chi connectivity index (χ4n) is 2.45. The van der Waals surface area contributed by atoms with Crippen LogP contribution in [0, 0.1) is 5.82 Å². The third kappa shape index (κ3) is 2.80. The largest absolute Gasteiger partial charge is 0.488 e. The second-order valence-corrected chi connectivity index (χ2v) is 5.08. The molecule has 1 aromatic heterocycles. The smallest absolute Gasteiger partial charge is 0.123 e. The summed E-state index contributed by atoms with van der Waals surface area (Å²) in [6.07, 6.45) is 2.59. The molecule has 2 atom stereocenters. The van der Waals surface area contributed by atoms with Crippen LogP contribution in [-0.4, -0.2) is 17.6 Å². The van der Waals surface area contributed by atoms with Gasteiger partial charge in [-0.05, 0) is 37.3 Å². The minimum Gasteiger partial charge on any atom is -0.488 e. The monoisotopic (exact) mass is 272 g/mol. The maximum atomic E-state index is 13.1. The Kier molecular flexibility index (Phi) is 3.65. The van der Waals surface area contributed by atoms with Crippen LogP contribution in [0.15, 0.2) is 42.6 Å². The average molecular weight is 272 g/mol. The molecule has 0 bridgehead atoms. The number of pyridine rings is 1. The fraction of sp³-hybridized carbons (Fsp3) is 0.312. The van der Waals surface area contributed by atoms with Crippen molar-refractivity contribution in [2.45, 2.75) is 25.5 Å². The lowest BCUT2D eigenvalue weighted by Gasteiger charge is -2.16. The molecule has 0 amide bonds. The SMILES string of the molecule is CC(NCC1Cc2cc(F)ccc2O1)c1ccccn1. The third-order valence-corrected chi connectivity index (χ3v) is 3.55. The van der Waals surface area contributed by atoms with Crippen molar-refractivity contribution in [3.63, 3.8) is 0 Å². The van der Waals surface area contributed by atoms with Gasteiger partial charge in [-0.25, -0.2) is 4.39 Å². The van der Waals surface area contributed by atoms with Gasteiger partial charge in [0.1, 0.15) is 17.7 Å². The summed E-state index contributed by atoms with van der Waals surface area (Å²) >= 11 is 0. The highest BCUT2D eigenvalue weighted by Gasteiger charge is 2.23. The Labute approximate surface area is 117 Å². The number of benzene rings is 1. The van der Waals surface area contributed by atoms with Crippen LogP contribution in [0.3, 0.4) is 0 Å². The van der Waals surface area contributed by atoms with E-state index in [0.29, 0.717) is 6.54 Å². The summed E-state index contributed by atoms with van der Waals surface area (Å²) < 4.78 is 18.9. The summed E-state index contributed by atoms with van der Waals surface area (Å²) in [6.45, 7) is 2.79. The van der Waals surface area contributed by atoms with Crippen LogP contribution in [-0.2, 0) is 6.42 Å². The van der Waals surface area contributed by atoms with E-state index in [-0.39, 0.29) is 18.0 Å². The van der Waals surface area contributed by atoms with Crippen LogP contribution in [0.25, 0.3) is 0 Å². The van der Waals surface area contributed by atoms with Crippen LogP contribution in [0.2, 0.25) is 0 Å². The number of fused-ring (bicyclic) bond motifs is 1. The van der Waals surface area contributed by atoms with Crippen molar-refractivity contribution in [1.82, 2.24) is 10.3 Å². The van der Waals surface area contributed by atoms with Gasteiger partial charge in [-0.3, -0.25) is 4.98 Å². The highest BCUT2D eigenvalue weighted by atomic mass is 19.1. The van der Waals surface area contributed by atoms with Crippen LogP contribution >= 0.6 is 0 Å². The zero-order chi connectivity index (χ0) is 13.9. The number of nitrogens with one attached hydrogen (secondary N) is 1. The molecule has 1 N–H and O–H groups in total. The lowest BCUT2D eigenvalue weighted by Crippen LogP contribution is -2.32. The van der Waals surface area contributed by atoms with E-state index in [2.05, 4.69) is 17.2 Å². The summed E-state index contributed by atoms with van der Waals surface area (Å²) in [7, 11) is 0. The summed E-state index contributed by atoms with van der Waals surface area (Å²) in [6, 6.07) is 10.7. The molecule has 0 spiro atoms. The maximum absolute atomic E-state index is 13.1. The van der Waals surface area contributed by atoms with Crippen LogP contribution in [0.4, 0.5) is 4.39 Å². The lowest BCUT2D eigenvalue weighted by molar-refractivity contribution is 0.222. The Morgan fingerprint density at radius 3 is 3.10 bits per heavy atom. The molecule has 0 aliphatic carbocycles. The molecule has 2 aromatic rings. The van der Waals surface area contributed by atoms with Crippen molar-refractivity contribution in [1.29, 1.82) is 0 Å². The zero-order valence-electron chi connectivity index (χ0n) is 11.3. The molecule has 0 fully saturated rings. The maximum Gasteiger partial charge on any atom is 0.123 e. The molecular weight excluding hydrogens is 255 g/mol. The van der Waals surface area contributed by atoms with Gasteiger partial charge in [-0.2, -0.15) is 0 Å². The van der Waals surface area contributed by atoms with Gasteiger partial charge in [0, 0.05) is 30.8 Å². The van der Waals surface area contributed by atoms with Gasteiger partial charge < -0.3 is 10.1 Å². The van der Waals surface area contributed by atoms with Crippen LogP contribution in [0.5, 0.6) is 5.75 Å². The highest BCUT2D eigenvalue weighted by molar-refractivity contribution is 5.37. The molecule has 1 aliphatic heterocycles. The fourth-order valence-corrected chi connectivity index (χ4v) is 2.45. The molecule has 3 nitrogen and oxygen atoms in total. The molecular formula is C16H17FN2O. The lowest BCUT2D eigenvalue weighted by atomic mass is 10.1. The van der Waals surface area contributed by atoms with E-state index in [9.17, 15) is 4.39 Å². The second-order valence-electron chi connectivity index (χ2n) is 5.08. The molecule has 0 saturated carbocycles. The molecule has 104 valence electrons. The van der Waals surface area contributed by atoms with Gasteiger partial charge in [-0.1, -0.05) is 6.07 Å². The van der Waals surface area contributed by atoms with E-state index >= 15 is 0 Å². The Bertz CT molecular complexity index is 588. The molecule has 1 aromatic carbocycles. The number of halogens is 1. The van der Waals surface area contributed by atoms with Gasteiger partial charge in [0.2, 0.25) is 0 Å². The number of rotatable bonds is 4. The van der Waals surface area contributed by atoms with E-state index in [4.69, 9.17) is 4.74 Å². The van der Waals surface area contributed by atoms with Gasteiger partial charge in [0.05, 0.1) is 5.69 Å². The van der Waals surface area contributed by atoms with E-state index in [1.165, 1.54) is 6.07 Å². The Morgan fingerprint density at radius 1 is 1.40 bits per heavy atom. The van der Waals surface area contributed by atoms with Crippen molar-refractivity contribution in [2.75, 3.05) is 6.54 Å². The molecule has 0 radical (unpaired) electrons. The van der Waals surface area contributed by atoms with Crippen molar-refractivity contribution >= 4 is 0 Å². The predicted octanol–water partition coefficient (Wildman–Crippen LogP) is 2.88. The van der Waals surface area contributed by atoms with E-state index in [1.807, 2.05) is 18.2 Å². The first kappa shape index (κ1) is 13.1. The van der Waals surface area contributed by atoms with Crippen molar-refractivity contribution < 1.29 is 9.13 Å². The van der Waals surface area contributed by atoms with Crippen molar-refractivity contribution in [3.05, 3.63) is 59.7 Å². The number of aromatic nitrogens is 1. The van der Waals surface area contributed by atoms with Crippen molar-refractivity contribution in [3.8, 4) is 5.75 Å². The van der Waals surface area contributed by atoms with Crippen molar-refractivity contribution in [2.24, 2.45) is 0 Å². The van der Waals surface area contributed by atoms with E-state index in [1.54, 1.807) is 18.3 Å². The molecule has 2 unspecified atom stereocenters. The quantitative estimate of drug-likeness (QED) is 0.929. The van der Waals surface area contributed by atoms with Crippen LogP contribution < -0.4 is 10.1 Å². The molecule has 1 aliphatic rings. The molecule has 3 rings (SSSR count). The summed E-state index contributed by atoms with van der Waals surface area (Å²) in [5, 5.41) is 3.41. The topological polar surface area (TPSA) is 34.1 Å². The first-order valence-electron chi connectivity index (χ1n) is 6.82. The standard InChI is InChI=1S/C16H17FN2O/c1-11(15-4-2-3-7-18-15)19-10-14-9-12-8-13(17)5-6-16(12)20-14/h2-8,11,14,19H,9-10H2,1H3. The number of nitrogens with zero attached hydrogens (tertiary/aromatic N) is 1. The Hall–Kier alpha value is -1.94. The van der Waals surface area contributed by atoms with Gasteiger partial charge >= 0.3 is 0 Å². The Morgan fingerprint density at radius 2 is 2.30 bits per heavy atom. The first-order chi connectivity index (χ1) is 9.72. The van der Waals surface area contributed by atoms with E-state index in [0.717, 1.165) is 23.4 Å². The first-order valence-corrected chi connectivity index (χ1v) is 6.82. The average Bonchev–Trinajstić information content (AvgIpc) is 2.87. The summed E-state index contributed by atoms with van der Waals surface area (Å²) in [5.41, 5.74) is 1.95. The second kappa shape index (κ2) is 5.59. The van der Waals surface area contributed by atoms with E-state index < -0.39 is 0 Å². The minimum atomic E-state index is -0.206. The molecule has 0 saturated heterocycles. The molecule has 4 heteroatoms. The highest BCUT2D eigenvalue weighted by Crippen LogP contribution is 2.29. The van der Waals surface area contributed by atoms with Gasteiger partial charge in [0.25, 0.3) is 0 Å². The molecule has 2 heterocycles. The Balaban J connectivity index is 1.56. The number of ether oxygens (including phenoxy) is 1. The number of hydrogen-bond donors (Lipinski definition) is 1. The molecule has 20 heavy (non-hydrogen) atoms. The third-order valence-electron chi connectivity index (χ3n) is 3.55. The normalized spacial score (nSPS) is 18.4. The summed E-state index contributed by atoms with van der Waals surface area (Å²) in [5.74, 6) is 0.589.